The van der Waals surface area contributed by atoms with Crippen molar-refractivity contribution in [2.45, 2.75) is 13.8 Å². The maximum Gasteiger partial charge on any atom is 0.150 e. The molecule has 130 valence electrons. The molecule has 0 radical (unpaired) electrons. The van der Waals surface area contributed by atoms with Crippen molar-refractivity contribution >= 4 is 34.1 Å². The van der Waals surface area contributed by atoms with E-state index in [0.29, 0.717) is 10.8 Å². The molecule has 26 heavy (non-hydrogen) atoms. The molecule has 0 saturated carbocycles. The number of hydrogen-bond donors (Lipinski definition) is 1. The molecule has 0 fully saturated rings. The van der Waals surface area contributed by atoms with Gasteiger partial charge in [-0.1, -0.05) is 17.7 Å². The van der Waals surface area contributed by atoms with Gasteiger partial charge >= 0.3 is 0 Å². The van der Waals surface area contributed by atoms with Gasteiger partial charge in [0.1, 0.15) is 18.0 Å². The molecule has 4 aromatic rings. The van der Waals surface area contributed by atoms with Crippen LogP contribution in [0.15, 0.2) is 54.9 Å². The Bertz CT molecular complexity index is 1100. The average molecular weight is 367 g/mol. The fourth-order valence-electron chi connectivity index (χ4n) is 3.09. The second kappa shape index (κ2) is 6.42. The van der Waals surface area contributed by atoms with Crippen LogP contribution in [0.4, 0.5) is 15.9 Å². The minimum Gasteiger partial charge on any atom is -0.340 e. The molecule has 1 N–H and O–H groups in total. The maximum atomic E-state index is 13.2. The van der Waals surface area contributed by atoms with Gasteiger partial charge in [0.25, 0.3) is 0 Å². The summed E-state index contributed by atoms with van der Waals surface area (Å²) in [5, 5.41) is 4.85. The van der Waals surface area contributed by atoms with E-state index in [1.807, 2.05) is 38.1 Å². The molecule has 6 heteroatoms. The van der Waals surface area contributed by atoms with E-state index < -0.39 is 0 Å². The summed E-state index contributed by atoms with van der Waals surface area (Å²) >= 11 is 6.17. The van der Waals surface area contributed by atoms with Crippen molar-refractivity contribution in [3.8, 4) is 5.69 Å². The van der Waals surface area contributed by atoms with Gasteiger partial charge in [0.05, 0.1) is 5.39 Å². The molecule has 0 saturated heterocycles. The highest BCUT2D eigenvalue weighted by atomic mass is 35.5. The summed E-state index contributed by atoms with van der Waals surface area (Å²) in [5.41, 5.74) is 4.63. The van der Waals surface area contributed by atoms with Crippen LogP contribution in [0, 0.1) is 19.7 Å². The van der Waals surface area contributed by atoms with Crippen LogP contribution in [-0.4, -0.2) is 14.5 Å². The molecule has 2 heterocycles. The highest BCUT2D eigenvalue weighted by Gasteiger charge is 2.17. The first-order valence-electron chi connectivity index (χ1n) is 8.16. The van der Waals surface area contributed by atoms with Gasteiger partial charge in [-0.25, -0.2) is 14.4 Å². The summed E-state index contributed by atoms with van der Waals surface area (Å²) in [4.78, 5) is 8.89. The number of aryl methyl sites for hydroxylation is 1. The van der Waals surface area contributed by atoms with Gasteiger partial charge in [-0.2, -0.15) is 0 Å². The topological polar surface area (TPSA) is 42.7 Å². The highest BCUT2D eigenvalue weighted by Crippen LogP contribution is 2.33. The molecule has 0 aliphatic rings. The van der Waals surface area contributed by atoms with E-state index in [-0.39, 0.29) is 5.82 Å². The number of aromatic nitrogens is 3. The van der Waals surface area contributed by atoms with Crippen molar-refractivity contribution in [2.75, 3.05) is 5.32 Å². The fraction of sp³-hybridized carbons (Fsp3) is 0.100. The van der Waals surface area contributed by atoms with Crippen LogP contribution in [0.1, 0.15) is 11.3 Å². The molecular weight excluding hydrogens is 351 g/mol. The van der Waals surface area contributed by atoms with Crippen molar-refractivity contribution in [1.82, 2.24) is 14.5 Å². The number of nitrogens with zero attached hydrogens (tertiary/aromatic N) is 3. The zero-order valence-corrected chi connectivity index (χ0v) is 15.0. The SMILES string of the molecule is Cc1c(C)n(-c2cccc(Cl)c2)c2ncnc(Nc3ccc(F)cc3)c12. The minimum atomic E-state index is -0.275. The lowest BCUT2D eigenvalue weighted by atomic mass is 10.2. The van der Waals surface area contributed by atoms with E-state index in [2.05, 4.69) is 19.9 Å². The Morgan fingerprint density at radius 2 is 1.81 bits per heavy atom. The smallest absolute Gasteiger partial charge is 0.150 e. The van der Waals surface area contributed by atoms with Gasteiger partial charge in [0.2, 0.25) is 0 Å². The molecule has 4 nitrogen and oxygen atoms in total. The second-order valence-electron chi connectivity index (χ2n) is 6.08. The number of halogens is 2. The van der Waals surface area contributed by atoms with Gasteiger partial charge in [-0.05, 0) is 61.9 Å². The molecule has 0 unspecified atom stereocenters. The van der Waals surface area contributed by atoms with E-state index >= 15 is 0 Å². The van der Waals surface area contributed by atoms with Gasteiger partial charge in [0, 0.05) is 22.1 Å². The van der Waals surface area contributed by atoms with E-state index in [9.17, 15) is 4.39 Å². The molecule has 0 spiro atoms. The minimum absolute atomic E-state index is 0.275. The molecule has 0 aliphatic heterocycles. The summed E-state index contributed by atoms with van der Waals surface area (Å²) in [7, 11) is 0. The second-order valence-corrected chi connectivity index (χ2v) is 6.51. The lowest BCUT2D eigenvalue weighted by Gasteiger charge is -2.09. The van der Waals surface area contributed by atoms with E-state index in [1.165, 1.54) is 18.5 Å². The number of hydrogen-bond acceptors (Lipinski definition) is 3. The van der Waals surface area contributed by atoms with Crippen molar-refractivity contribution in [3.63, 3.8) is 0 Å². The van der Waals surface area contributed by atoms with Crippen LogP contribution in [0.2, 0.25) is 5.02 Å². The van der Waals surface area contributed by atoms with E-state index in [4.69, 9.17) is 11.6 Å². The largest absolute Gasteiger partial charge is 0.340 e. The number of anilines is 2. The molecule has 2 aromatic heterocycles. The van der Waals surface area contributed by atoms with E-state index in [1.54, 1.807) is 12.1 Å². The third-order valence-electron chi connectivity index (χ3n) is 4.47. The van der Waals surface area contributed by atoms with Crippen molar-refractivity contribution in [2.24, 2.45) is 0 Å². The summed E-state index contributed by atoms with van der Waals surface area (Å²) in [6.45, 7) is 4.08. The Hall–Kier alpha value is -2.92. The van der Waals surface area contributed by atoms with Gasteiger partial charge in [0.15, 0.2) is 5.65 Å². The number of fused-ring (bicyclic) bond motifs is 1. The van der Waals surface area contributed by atoms with Crippen molar-refractivity contribution < 1.29 is 4.39 Å². The zero-order chi connectivity index (χ0) is 18.3. The quantitative estimate of drug-likeness (QED) is 0.515. The van der Waals surface area contributed by atoms with Crippen LogP contribution in [-0.2, 0) is 0 Å². The predicted octanol–water partition coefficient (Wildman–Crippen LogP) is 5.57. The Morgan fingerprint density at radius 3 is 2.54 bits per heavy atom. The molecule has 2 aromatic carbocycles. The van der Waals surface area contributed by atoms with Crippen LogP contribution < -0.4 is 5.32 Å². The zero-order valence-electron chi connectivity index (χ0n) is 14.3. The van der Waals surface area contributed by atoms with Crippen LogP contribution >= 0.6 is 11.6 Å². The van der Waals surface area contributed by atoms with Crippen molar-refractivity contribution in [3.05, 3.63) is 77.0 Å². The van der Waals surface area contributed by atoms with Gasteiger partial charge < -0.3 is 5.32 Å². The molecule has 0 bridgehead atoms. The predicted molar refractivity (Wildman–Crippen MR) is 103 cm³/mol. The summed E-state index contributed by atoms with van der Waals surface area (Å²) < 4.78 is 15.2. The summed E-state index contributed by atoms with van der Waals surface area (Å²) in [6.07, 6.45) is 1.52. The fourth-order valence-corrected chi connectivity index (χ4v) is 3.28. The average Bonchev–Trinajstić information content (AvgIpc) is 2.89. The molecular formula is C20H16ClFN4. The Kier molecular flexibility index (Phi) is 4.09. The Morgan fingerprint density at radius 1 is 1.04 bits per heavy atom. The number of nitrogens with one attached hydrogen (secondary N) is 1. The molecule has 0 amide bonds. The van der Waals surface area contributed by atoms with Crippen LogP contribution in [0.3, 0.4) is 0 Å². The highest BCUT2D eigenvalue weighted by molar-refractivity contribution is 6.30. The first-order chi connectivity index (χ1) is 12.5. The van der Waals surface area contributed by atoms with Crippen molar-refractivity contribution in [1.29, 1.82) is 0 Å². The maximum absolute atomic E-state index is 13.2. The normalized spacial score (nSPS) is 11.1. The van der Waals surface area contributed by atoms with Crippen LogP contribution in [0.5, 0.6) is 0 Å². The number of rotatable bonds is 3. The lowest BCUT2D eigenvalue weighted by Crippen LogP contribution is -1.99. The third-order valence-corrected chi connectivity index (χ3v) is 4.70. The first kappa shape index (κ1) is 16.5. The first-order valence-corrected chi connectivity index (χ1v) is 8.53. The van der Waals surface area contributed by atoms with E-state index in [0.717, 1.165) is 33.7 Å². The Labute approximate surface area is 155 Å². The summed E-state index contributed by atoms with van der Waals surface area (Å²) in [5.74, 6) is 0.408. The third kappa shape index (κ3) is 2.80. The summed E-state index contributed by atoms with van der Waals surface area (Å²) in [6, 6.07) is 13.8. The molecule has 0 atom stereocenters. The standard InChI is InChI=1S/C20H16ClFN4/c1-12-13(2)26(17-5-3-4-14(21)10-17)20-18(12)19(23-11-24-20)25-16-8-6-15(22)7-9-16/h3-11H,1-2H3,(H,23,24,25). The van der Waals surface area contributed by atoms with Gasteiger partial charge in [-0.15, -0.1) is 0 Å². The number of benzene rings is 2. The van der Waals surface area contributed by atoms with Gasteiger partial charge in [-0.3, -0.25) is 4.57 Å². The molecule has 4 rings (SSSR count). The van der Waals surface area contributed by atoms with Crippen LogP contribution in [0.25, 0.3) is 16.7 Å². The Balaban J connectivity index is 1.89. The molecule has 0 aliphatic carbocycles. The lowest BCUT2D eigenvalue weighted by molar-refractivity contribution is 0.628. The monoisotopic (exact) mass is 366 g/mol.